The zero-order valence-electron chi connectivity index (χ0n) is 17.0. The van der Waals surface area contributed by atoms with E-state index in [2.05, 4.69) is 47.9 Å². The second-order valence-electron chi connectivity index (χ2n) is 8.04. The van der Waals surface area contributed by atoms with Crippen molar-refractivity contribution in [3.05, 3.63) is 82.2 Å². The van der Waals surface area contributed by atoms with E-state index in [9.17, 15) is 10.1 Å². The lowest BCUT2D eigenvalue weighted by atomic mass is 9.88. The quantitative estimate of drug-likeness (QED) is 0.234. The topological polar surface area (TPSA) is 72.3 Å². The van der Waals surface area contributed by atoms with Crippen molar-refractivity contribution < 1.29 is 4.57 Å². The summed E-state index contributed by atoms with van der Waals surface area (Å²) >= 11 is 0. The summed E-state index contributed by atoms with van der Waals surface area (Å²) in [7, 11) is -3.46. The molecule has 2 aliphatic rings. The summed E-state index contributed by atoms with van der Waals surface area (Å²) in [4.78, 5) is 7.10. The molecule has 1 saturated heterocycles. The van der Waals surface area contributed by atoms with E-state index in [0.717, 1.165) is 36.8 Å². The molecule has 2 aromatic rings. The molecule has 1 heterocycles. The average molecular weight is 409 g/mol. The molecule has 1 saturated carbocycles. The van der Waals surface area contributed by atoms with Crippen molar-refractivity contribution in [1.29, 1.82) is 0 Å². The van der Waals surface area contributed by atoms with Crippen molar-refractivity contribution in [2.45, 2.75) is 63.7 Å². The maximum absolute atomic E-state index is 14.5. The molecular formula is C22H28N5OP. The predicted molar refractivity (Wildman–Crippen MR) is 116 cm³/mol. The van der Waals surface area contributed by atoms with Gasteiger partial charge in [0, 0.05) is 34.0 Å². The monoisotopic (exact) mass is 409 g/mol. The summed E-state index contributed by atoms with van der Waals surface area (Å²) < 4.78 is 18.6. The summed E-state index contributed by atoms with van der Waals surface area (Å²) in [5.74, 6) is 0. The van der Waals surface area contributed by atoms with E-state index >= 15 is 0 Å². The van der Waals surface area contributed by atoms with E-state index in [1.165, 1.54) is 0 Å². The lowest BCUT2D eigenvalue weighted by molar-refractivity contribution is 0.166. The summed E-state index contributed by atoms with van der Waals surface area (Å²) in [6.07, 6.45) is 4.18. The third-order valence-corrected chi connectivity index (χ3v) is 9.29. The zero-order valence-corrected chi connectivity index (χ0v) is 17.9. The molecule has 7 heteroatoms. The van der Waals surface area contributed by atoms with Crippen LogP contribution in [0.2, 0.25) is 0 Å². The molecule has 4 rings (SSSR count). The number of benzene rings is 2. The fraction of sp³-hybridized carbons (Fsp3) is 0.455. The van der Waals surface area contributed by atoms with Crippen LogP contribution in [0, 0.1) is 0 Å². The SMILES string of the molecule is C[C@H](c1ccccc1)N1[C@@H]2CCCC[C@H]2N([C@H](C)c2ccccc2)P1(=O)N=[N+]=[N-]. The van der Waals surface area contributed by atoms with E-state index in [-0.39, 0.29) is 24.2 Å². The molecule has 6 nitrogen and oxygen atoms in total. The number of nitrogens with zero attached hydrogens (tertiary/aromatic N) is 5. The largest absolute Gasteiger partial charge is 0.304 e. The maximum Gasteiger partial charge on any atom is 0.304 e. The number of fused-ring (bicyclic) bond motifs is 1. The summed E-state index contributed by atoms with van der Waals surface area (Å²) in [6.45, 7) is 4.16. The fourth-order valence-corrected chi connectivity index (χ4v) is 8.16. The Hall–Kier alpha value is -2.10. The van der Waals surface area contributed by atoms with Crippen LogP contribution < -0.4 is 0 Å². The number of rotatable bonds is 5. The van der Waals surface area contributed by atoms with Gasteiger partial charge in [-0.25, -0.2) is 9.34 Å². The summed E-state index contributed by atoms with van der Waals surface area (Å²) in [5, 5.41) is 0. The molecule has 0 radical (unpaired) electrons. The first kappa shape index (κ1) is 20.2. The van der Waals surface area contributed by atoms with Gasteiger partial charge >= 0.3 is 7.59 Å². The second kappa shape index (κ2) is 8.33. The highest BCUT2D eigenvalue weighted by Gasteiger charge is 2.58. The molecule has 1 aliphatic carbocycles. The van der Waals surface area contributed by atoms with Gasteiger partial charge in [-0.2, -0.15) is 0 Å². The molecular weight excluding hydrogens is 381 g/mol. The molecule has 29 heavy (non-hydrogen) atoms. The average Bonchev–Trinajstić information content (AvgIpc) is 3.02. The van der Waals surface area contributed by atoms with Gasteiger partial charge in [0.2, 0.25) is 0 Å². The Labute approximate surface area is 172 Å². The van der Waals surface area contributed by atoms with Gasteiger partial charge in [0.25, 0.3) is 0 Å². The van der Waals surface area contributed by atoms with Crippen LogP contribution >= 0.6 is 7.59 Å². The Balaban J connectivity index is 1.82. The molecule has 2 fully saturated rings. The third-order valence-electron chi connectivity index (χ3n) is 6.49. The number of azide groups is 1. The highest BCUT2D eigenvalue weighted by Crippen LogP contribution is 2.69. The summed E-state index contributed by atoms with van der Waals surface area (Å²) in [6, 6.07) is 20.3. The van der Waals surface area contributed by atoms with Crippen molar-refractivity contribution in [2.75, 3.05) is 0 Å². The Bertz CT molecular complexity index is 865. The van der Waals surface area contributed by atoms with Crippen molar-refractivity contribution in [3.63, 3.8) is 0 Å². The third kappa shape index (κ3) is 3.51. The molecule has 0 aromatic heterocycles. The van der Waals surface area contributed by atoms with Crippen LogP contribution in [0.25, 0.3) is 10.4 Å². The van der Waals surface area contributed by atoms with Crippen LogP contribution in [0.15, 0.2) is 65.5 Å². The smallest absolute Gasteiger partial charge is 0.282 e. The van der Waals surface area contributed by atoms with Crippen molar-refractivity contribution in [3.8, 4) is 0 Å². The minimum atomic E-state index is -3.46. The van der Waals surface area contributed by atoms with E-state index in [4.69, 9.17) is 0 Å². The number of hydrogen-bond acceptors (Lipinski definition) is 1. The predicted octanol–water partition coefficient (Wildman–Crippen LogP) is 6.86. The first-order chi connectivity index (χ1) is 14.1. The molecule has 4 atom stereocenters. The maximum atomic E-state index is 14.5. The van der Waals surface area contributed by atoms with Crippen LogP contribution in [-0.2, 0) is 4.57 Å². The first-order valence-electron chi connectivity index (χ1n) is 10.4. The first-order valence-corrected chi connectivity index (χ1v) is 12.0. The Morgan fingerprint density at radius 2 is 1.31 bits per heavy atom. The standard InChI is InChI=1S/C22H28N5OP/c1-17(19-11-5-3-6-12-19)26-21-15-9-10-16-22(21)27(29(26,28)25-24-23)18(2)20-13-7-4-8-14-20/h3-8,11-14,17-18,21-22H,9-10,15-16H2,1-2H3/t17-,18-,21-,22-/m1/s1. The highest BCUT2D eigenvalue weighted by atomic mass is 31.2. The van der Waals surface area contributed by atoms with Gasteiger partial charge in [0.1, 0.15) is 0 Å². The lowest BCUT2D eigenvalue weighted by Gasteiger charge is -2.35. The molecule has 0 bridgehead atoms. The van der Waals surface area contributed by atoms with Gasteiger partial charge in [0.05, 0.1) is 0 Å². The minimum Gasteiger partial charge on any atom is -0.282 e. The van der Waals surface area contributed by atoms with Gasteiger partial charge in [-0.3, -0.25) is 4.57 Å². The van der Waals surface area contributed by atoms with Gasteiger partial charge in [-0.1, -0.05) is 73.5 Å². The normalized spacial score (nSPS) is 26.3. The number of hydrogen-bond donors (Lipinski definition) is 0. The Morgan fingerprint density at radius 1 is 0.897 bits per heavy atom. The summed E-state index contributed by atoms with van der Waals surface area (Å²) in [5.41, 5.74) is 11.6. The van der Waals surface area contributed by atoms with Gasteiger partial charge in [-0.15, -0.1) is 0 Å². The van der Waals surface area contributed by atoms with Crippen LogP contribution in [0.5, 0.6) is 0 Å². The van der Waals surface area contributed by atoms with Gasteiger partial charge < -0.3 is 0 Å². The van der Waals surface area contributed by atoms with Crippen molar-refractivity contribution in [1.82, 2.24) is 9.34 Å². The molecule has 0 spiro atoms. The van der Waals surface area contributed by atoms with Gasteiger partial charge in [-0.05, 0) is 43.3 Å². The molecule has 2 aromatic carbocycles. The van der Waals surface area contributed by atoms with E-state index in [0.29, 0.717) is 0 Å². The minimum absolute atomic E-state index is 0.0916. The fourth-order valence-electron chi connectivity index (χ4n) is 5.15. The molecule has 152 valence electrons. The Kier molecular flexibility index (Phi) is 5.80. The molecule has 0 unspecified atom stereocenters. The highest BCUT2D eigenvalue weighted by molar-refractivity contribution is 7.57. The van der Waals surface area contributed by atoms with Crippen LogP contribution in [0.1, 0.15) is 62.7 Å². The second-order valence-corrected chi connectivity index (χ2v) is 10.2. The zero-order chi connectivity index (χ0) is 20.4. The lowest BCUT2D eigenvalue weighted by Crippen LogP contribution is -2.41. The molecule has 0 amide bonds. The van der Waals surface area contributed by atoms with Crippen LogP contribution in [-0.4, -0.2) is 21.4 Å². The van der Waals surface area contributed by atoms with Crippen LogP contribution in [0.4, 0.5) is 0 Å². The Morgan fingerprint density at radius 3 is 1.69 bits per heavy atom. The molecule has 1 aliphatic heterocycles. The van der Waals surface area contributed by atoms with Crippen LogP contribution in [0.3, 0.4) is 0 Å². The van der Waals surface area contributed by atoms with Crippen molar-refractivity contribution in [2.24, 2.45) is 4.88 Å². The van der Waals surface area contributed by atoms with Crippen molar-refractivity contribution >= 4 is 7.59 Å². The molecule has 0 N–H and O–H groups in total. The van der Waals surface area contributed by atoms with E-state index < -0.39 is 7.59 Å². The van der Waals surface area contributed by atoms with Gasteiger partial charge in [0.15, 0.2) is 0 Å². The van der Waals surface area contributed by atoms with E-state index in [1.54, 1.807) is 0 Å². The van der Waals surface area contributed by atoms with E-state index in [1.807, 2.05) is 45.7 Å².